The Hall–Kier alpha value is -1.59. The Morgan fingerprint density at radius 2 is 1.78 bits per heavy atom. The Balaban J connectivity index is 4.14. The van der Waals surface area contributed by atoms with Crippen molar-refractivity contribution in [3.8, 4) is 0 Å². The first-order valence-corrected chi connectivity index (χ1v) is 6.30. The molecule has 0 saturated carbocycles. The van der Waals surface area contributed by atoms with Crippen LogP contribution in [0.3, 0.4) is 0 Å². The minimum Gasteiger partial charge on any atom is -0.480 e. The summed E-state index contributed by atoms with van der Waals surface area (Å²) in [6.07, 6.45) is 2.72. The lowest BCUT2D eigenvalue weighted by molar-refractivity contribution is -0.143. The topological polar surface area (TPSA) is 95.5 Å². The highest BCUT2D eigenvalue weighted by Gasteiger charge is 2.22. The molecule has 3 N–H and O–H groups in total. The number of unbranched alkanes of at least 4 members (excludes halogenated alkanes) is 2. The third-order valence-electron chi connectivity index (χ3n) is 2.40. The van der Waals surface area contributed by atoms with Gasteiger partial charge < -0.3 is 15.7 Å². The van der Waals surface area contributed by atoms with E-state index in [1.165, 1.54) is 0 Å². The summed E-state index contributed by atoms with van der Waals surface area (Å²) in [5.41, 5.74) is 0. The Bertz CT molecular complexity index is 292. The average Bonchev–Trinajstić information content (AvgIpc) is 2.28. The number of hydrogen-bond donors (Lipinski definition) is 3. The van der Waals surface area contributed by atoms with E-state index in [0.717, 1.165) is 19.3 Å². The highest BCUT2D eigenvalue weighted by atomic mass is 16.4. The largest absolute Gasteiger partial charge is 0.480 e. The van der Waals surface area contributed by atoms with Crippen LogP contribution in [0.2, 0.25) is 0 Å². The summed E-state index contributed by atoms with van der Waals surface area (Å²) in [5.74, 6) is -1.89. The molecule has 2 amide bonds. The van der Waals surface area contributed by atoms with Crippen LogP contribution in [0.4, 0.5) is 0 Å². The molecule has 0 aliphatic carbocycles. The predicted molar refractivity (Wildman–Crippen MR) is 67.0 cm³/mol. The maximum Gasteiger partial charge on any atom is 0.326 e. The maximum absolute atomic E-state index is 11.5. The predicted octanol–water partition coefficient (Wildman–Crippen LogP) is 0.662. The number of carboxylic acid groups (broad SMARTS) is 1. The minimum atomic E-state index is -1.19. The molecule has 0 aromatic heterocycles. The van der Waals surface area contributed by atoms with E-state index in [0.29, 0.717) is 13.0 Å². The van der Waals surface area contributed by atoms with E-state index >= 15 is 0 Å². The van der Waals surface area contributed by atoms with Gasteiger partial charge in [0.2, 0.25) is 11.8 Å². The molecule has 0 saturated heterocycles. The molecule has 0 fully saturated rings. The second-order valence-corrected chi connectivity index (χ2v) is 4.07. The SMILES string of the molecule is CCCCCC(=O)NC(CC(=O)NCC)C(=O)O. The smallest absolute Gasteiger partial charge is 0.326 e. The number of aliphatic carboxylic acids is 1. The first kappa shape index (κ1) is 16.4. The van der Waals surface area contributed by atoms with Crippen molar-refractivity contribution in [3.63, 3.8) is 0 Å². The van der Waals surface area contributed by atoms with Crippen LogP contribution in [-0.2, 0) is 14.4 Å². The Morgan fingerprint density at radius 1 is 1.11 bits per heavy atom. The lowest BCUT2D eigenvalue weighted by atomic mass is 10.1. The van der Waals surface area contributed by atoms with Crippen molar-refractivity contribution in [3.05, 3.63) is 0 Å². The zero-order valence-corrected chi connectivity index (χ0v) is 11.0. The van der Waals surface area contributed by atoms with Crippen molar-refractivity contribution in [1.82, 2.24) is 10.6 Å². The lowest BCUT2D eigenvalue weighted by Gasteiger charge is -2.14. The molecule has 0 aliphatic rings. The van der Waals surface area contributed by atoms with Crippen molar-refractivity contribution >= 4 is 17.8 Å². The third-order valence-corrected chi connectivity index (χ3v) is 2.40. The van der Waals surface area contributed by atoms with Crippen molar-refractivity contribution in [2.75, 3.05) is 6.54 Å². The summed E-state index contributed by atoms with van der Waals surface area (Å²) < 4.78 is 0. The molecule has 0 bridgehead atoms. The third kappa shape index (κ3) is 7.65. The van der Waals surface area contributed by atoms with Gasteiger partial charge in [0.15, 0.2) is 0 Å². The zero-order valence-electron chi connectivity index (χ0n) is 11.0. The molecule has 0 aromatic carbocycles. The van der Waals surface area contributed by atoms with E-state index in [9.17, 15) is 14.4 Å². The Morgan fingerprint density at radius 3 is 2.28 bits per heavy atom. The van der Waals surface area contributed by atoms with E-state index in [-0.39, 0.29) is 18.2 Å². The van der Waals surface area contributed by atoms with Crippen LogP contribution in [0.25, 0.3) is 0 Å². The summed E-state index contributed by atoms with van der Waals surface area (Å²) in [4.78, 5) is 33.6. The summed E-state index contributed by atoms with van der Waals surface area (Å²) in [5, 5.41) is 13.8. The molecule has 18 heavy (non-hydrogen) atoms. The molecule has 0 rings (SSSR count). The van der Waals surface area contributed by atoms with Gasteiger partial charge in [0.05, 0.1) is 6.42 Å². The first-order valence-electron chi connectivity index (χ1n) is 6.30. The fraction of sp³-hybridized carbons (Fsp3) is 0.750. The van der Waals surface area contributed by atoms with Crippen LogP contribution in [0.15, 0.2) is 0 Å². The molecule has 6 nitrogen and oxygen atoms in total. The molecule has 0 spiro atoms. The van der Waals surface area contributed by atoms with Gasteiger partial charge in [-0.1, -0.05) is 19.8 Å². The summed E-state index contributed by atoms with van der Waals surface area (Å²) in [6.45, 7) is 4.21. The van der Waals surface area contributed by atoms with Crippen molar-refractivity contribution < 1.29 is 19.5 Å². The number of carboxylic acids is 1. The van der Waals surface area contributed by atoms with Gasteiger partial charge in [0, 0.05) is 13.0 Å². The van der Waals surface area contributed by atoms with Crippen molar-refractivity contribution in [2.24, 2.45) is 0 Å². The van der Waals surface area contributed by atoms with Crippen molar-refractivity contribution in [2.45, 2.75) is 52.0 Å². The standard InChI is InChI=1S/C12H22N2O4/c1-3-5-6-7-10(15)14-9(12(17)18)8-11(16)13-4-2/h9H,3-8H2,1-2H3,(H,13,16)(H,14,15)(H,17,18). The van der Waals surface area contributed by atoms with Crippen molar-refractivity contribution in [1.29, 1.82) is 0 Å². The van der Waals surface area contributed by atoms with Crippen LogP contribution in [0.5, 0.6) is 0 Å². The van der Waals surface area contributed by atoms with Gasteiger partial charge >= 0.3 is 5.97 Å². The number of hydrogen-bond acceptors (Lipinski definition) is 3. The number of rotatable bonds is 9. The highest BCUT2D eigenvalue weighted by Crippen LogP contribution is 2.00. The highest BCUT2D eigenvalue weighted by molar-refractivity contribution is 5.88. The summed E-state index contributed by atoms with van der Waals surface area (Å²) >= 11 is 0. The normalized spacial score (nSPS) is 11.7. The fourth-order valence-corrected chi connectivity index (χ4v) is 1.46. The van der Waals surface area contributed by atoms with Gasteiger partial charge in [-0.2, -0.15) is 0 Å². The zero-order chi connectivity index (χ0) is 14.0. The molecule has 1 unspecified atom stereocenters. The number of carbonyl (C=O) groups is 3. The first-order chi connectivity index (χ1) is 8.51. The quantitative estimate of drug-likeness (QED) is 0.529. The van der Waals surface area contributed by atoms with E-state index in [1.54, 1.807) is 6.92 Å². The van der Waals surface area contributed by atoms with E-state index < -0.39 is 12.0 Å². The second-order valence-electron chi connectivity index (χ2n) is 4.07. The Labute approximate surface area is 107 Å². The molecule has 1 atom stereocenters. The van der Waals surface area contributed by atoms with Crippen LogP contribution >= 0.6 is 0 Å². The van der Waals surface area contributed by atoms with Gasteiger partial charge in [-0.3, -0.25) is 9.59 Å². The molecular weight excluding hydrogens is 236 g/mol. The molecule has 6 heteroatoms. The summed E-state index contributed by atoms with van der Waals surface area (Å²) in [6, 6.07) is -1.15. The lowest BCUT2D eigenvalue weighted by Crippen LogP contribution is -2.44. The van der Waals surface area contributed by atoms with Gasteiger partial charge in [-0.15, -0.1) is 0 Å². The molecule has 0 radical (unpaired) electrons. The molecule has 0 heterocycles. The van der Waals surface area contributed by atoms with Crippen LogP contribution in [0.1, 0.15) is 46.0 Å². The van der Waals surface area contributed by atoms with Gasteiger partial charge in [-0.05, 0) is 13.3 Å². The van der Waals surface area contributed by atoms with E-state index in [2.05, 4.69) is 10.6 Å². The van der Waals surface area contributed by atoms with E-state index in [4.69, 9.17) is 5.11 Å². The second kappa shape index (κ2) is 9.44. The number of amides is 2. The van der Waals surface area contributed by atoms with E-state index in [1.807, 2.05) is 6.92 Å². The van der Waals surface area contributed by atoms with Crippen LogP contribution < -0.4 is 10.6 Å². The van der Waals surface area contributed by atoms with Gasteiger partial charge in [0.1, 0.15) is 6.04 Å². The maximum atomic E-state index is 11.5. The van der Waals surface area contributed by atoms with Gasteiger partial charge in [0.25, 0.3) is 0 Å². The minimum absolute atomic E-state index is 0.233. The monoisotopic (exact) mass is 258 g/mol. The number of nitrogens with one attached hydrogen (secondary N) is 2. The fourth-order valence-electron chi connectivity index (χ4n) is 1.46. The molecule has 0 aliphatic heterocycles. The molecule has 0 aromatic rings. The Kier molecular flexibility index (Phi) is 8.61. The van der Waals surface area contributed by atoms with Crippen LogP contribution in [0, 0.1) is 0 Å². The van der Waals surface area contributed by atoms with Crippen LogP contribution in [-0.4, -0.2) is 35.5 Å². The summed E-state index contributed by atoms with van der Waals surface area (Å²) in [7, 11) is 0. The number of carbonyl (C=O) groups excluding carboxylic acids is 2. The van der Waals surface area contributed by atoms with Gasteiger partial charge in [-0.25, -0.2) is 4.79 Å². The molecular formula is C12H22N2O4. The average molecular weight is 258 g/mol. The molecule has 104 valence electrons.